The number of aromatic amines is 1. The van der Waals surface area contributed by atoms with Crippen molar-refractivity contribution in [3.63, 3.8) is 0 Å². The van der Waals surface area contributed by atoms with Gasteiger partial charge in [0.2, 0.25) is 4.77 Å². The van der Waals surface area contributed by atoms with Crippen LogP contribution in [0.15, 0.2) is 24.3 Å². The summed E-state index contributed by atoms with van der Waals surface area (Å²) < 4.78 is 2.36. The lowest BCUT2D eigenvalue weighted by molar-refractivity contribution is 0.230. The highest BCUT2D eigenvalue weighted by Gasteiger charge is 2.12. The van der Waals surface area contributed by atoms with Gasteiger partial charge in [0.15, 0.2) is 5.65 Å². The fourth-order valence-electron chi connectivity index (χ4n) is 3.18. The Bertz CT molecular complexity index is 860. The fraction of sp³-hybridized carbons (Fsp3) is 0.438. The molecule has 0 radical (unpaired) electrons. The summed E-state index contributed by atoms with van der Waals surface area (Å²) in [5.41, 5.74) is 1.78. The zero-order valence-corrected chi connectivity index (χ0v) is 13.3. The van der Waals surface area contributed by atoms with Crippen molar-refractivity contribution in [3.05, 3.63) is 34.9 Å². The fourth-order valence-corrected chi connectivity index (χ4v) is 3.41. The van der Waals surface area contributed by atoms with E-state index < -0.39 is 0 Å². The molecule has 1 fully saturated rings. The van der Waals surface area contributed by atoms with Crippen LogP contribution in [0.3, 0.4) is 0 Å². The van der Waals surface area contributed by atoms with Crippen molar-refractivity contribution in [2.75, 3.05) is 19.6 Å². The molecule has 3 heterocycles. The Morgan fingerprint density at radius 2 is 1.91 bits per heavy atom. The maximum absolute atomic E-state index is 5.37. The van der Waals surface area contributed by atoms with Crippen LogP contribution in [-0.4, -0.2) is 44.1 Å². The quantitative estimate of drug-likeness (QED) is 0.755. The number of likely N-dealkylation sites (tertiary alicyclic amines) is 1. The number of hydrogen-bond acceptors (Lipinski definition) is 4. The standard InChI is InChI=1S/C16H19N5S/c22-16-17-13-7-3-2-6-12(13)15-18-14(19-21(15)16)8-11-20-9-4-1-5-10-20/h2-3,6-7H,1,4-5,8-11H2,(H,18,19). The third-order valence-corrected chi connectivity index (χ3v) is 4.63. The zero-order chi connectivity index (χ0) is 14.9. The Kier molecular flexibility index (Phi) is 3.63. The molecule has 0 amide bonds. The van der Waals surface area contributed by atoms with Crippen molar-refractivity contribution in [1.82, 2.24) is 24.5 Å². The molecule has 0 bridgehead atoms. The summed E-state index contributed by atoms with van der Waals surface area (Å²) in [6.07, 6.45) is 4.93. The molecule has 22 heavy (non-hydrogen) atoms. The van der Waals surface area contributed by atoms with Crippen LogP contribution in [0.25, 0.3) is 16.6 Å². The van der Waals surface area contributed by atoms with Crippen LogP contribution < -0.4 is 0 Å². The molecule has 114 valence electrons. The first-order valence-electron chi connectivity index (χ1n) is 7.90. The summed E-state index contributed by atoms with van der Waals surface area (Å²) >= 11 is 5.37. The van der Waals surface area contributed by atoms with E-state index in [1.165, 1.54) is 32.4 Å². The SMILES string of the molecule is S=c1nc2ccccc2c2nc(CCN3CCCCC3)[nH]n12. The Labute approximate surface area is 134 Å². The molecule has 4 rings (SSSR count). The van der Waals surface area contributed by atoms with Crippen LogP contribution in [0, 0.1) is 4.77 Å². The van der Waals surface area contributed by atoms with Crippen molar-refractivity contribution in [1.29, 1.82) is 0 Å². The minimum absolute atomic E-state index is 0.533. The van der Waals surface area contributed by atoms with E-state index in [2.05, 4.69) is 15.0 Å². The van der Waals surface area contributed by atoms with Gasteiger partial charge in [-0.1, -0.05) is 18.6 Å². The number of aromatic nitrogens is 4. The second-order valence-corrected chi connectivity index (χ2v) is 6.26. The highest BCUT2D eigenvalue weighted by atomic mass is 32.1. The molecule has 0 saturated carbocycles. The molecule has 0 aliphatic carbocycles. The van der Waals surface area contributed by atoms with Crippen LogP contribution in [0.1, 0.15) is 25.1 Å². The summed E-state index contributed by atoms with van der Waals surface area (Å²) in [5, 5.41) is 4.35. The first kappa shape index (κ1) is 13.8. The minimum atomic E-state index is 0.533. The van der Waals surface area contributed by atoms with Gasteiger partial charge >= 0.3 is 0 Å². The van der Waals surface area contributed by atoms with Crippen molar-refractivity contribution in [2.45, 2.75) is 25.7 Å². The first-order valence-corrected chi connectivity index (χ1v) is 8.31. The average molecular weight is 313 g/mol. The van der Waals surface area contributed by atoms with Gasteiger partial charge < -0.3 is 4.90 Å². The van der Waals surface area contributed by atoms with E-state index in [1.54, 1.807) is 0 Å². The van der Waals surface area contributed by atoms with E-state index in [4.69, 9.17) is 17.2 Å². The van der Waals surface area contributed by atoms with Crippen LogP contribution in [0.2, 0.25) is 0 Å². The maximum Gasteiger partial charge on any atom is 0.221 e. The maximum atomic E-state index is 5.37. The molecule has 0 atom stereocenters. The molecular formula is C16H19N5S. The molecule has 1 saturated heterocycles. The number of benzene rings is 1. The van der Waals surface area contributed by atoms with Gasteiger partial charge in [0.1, 0.15) is 5.82 Å². The minimum Gasteiger partial charge on any atom is -0.303 e. The first-order chi connectivity index (χ1) is 10.8. The van der Waals surface area contributed by atoms with E-state index >= 15 is 0 Å². The van der Waals surface area contributed by atoms with Gasteiger partial charge in [-0.15, -0.1) is 0 Å². The number of nitrogens with one attached hydrogen (secondary N) is 1. The van der Waals surface area contributed by atoms with Crippen LogP contribution in [0.5, 0.6) is 0 Å². The predicted octanol–water partition coefficient (Wildman–Crippen LogP) is 2.97. The molecule has 1 aliphatic heterocycles. The lowest BCUT2D eigenvalue weighted by Crippen LogP contribution is -2.31. The highest BCUT2D eigenvalue weighted by molar-refractivity contribution is 7.71. The van der Waals surface area contributed by atoms with Crippen molar-refractivity contribution < 1.29 is 0 Å². The Morgan fingerprint density at radius 1 is 1.09 bits per heavy atom. The molecule has 6 heteroatoms. The average Bonchev–Trinajstić information content (AvgIpc) is 2.99. The molecule has 3 aromatic rings. The second kappa shape index (κ2) is 5.78. The number of fused-ring (bicyclic) bond motifs is 3. The van der Waals surface area contributed by atoms with Crippen LogP contribution in [-0.2, 0) is 6.42 Å². The highest BCUT2D eigenvalue weighted by Crippen LogP contribution is 2.17. The van der Waals surface area contributed by atoms with E-state index in [0.717, 1.165) is 35.3 Å². The predicted molar refractivity (Wildman–Crippen MR) is 89.7 cm³/mol. The summed E-state index contributed by atoms with van der Waals surface area (Å²) in [6.45, 7) is 3.48. The van der Waals surface area contributed by atoms with Crippen molar-refractivity contribution >= 4 is 28.8 Å². The topological polar surface area (TPSA) is 49.2 Å². The van der Waals surface area contributed by atoms with Gasteiger partial charge in [-0.3, -0.25) is 5.10 Å². The van der Waals surface area contributed by atoms with Gasteiger partial charge in [-0.2, -0.15) is 0 Å². The molecular weight excluding hydrogens is 294 g/mol. The Balaban J connectivity index is 1.66. The number of rotatable bonds is 3. The molecule has 1 aromatic carbocycles. The van der Waals surface area contributed by atoms with Gasteiger partial charge in [0.25, 0.3) is 0 Å². The molecule has 2 aromatic heterocycles. The third kappa shape index (κ3) is 2.53. The smallest absolute Gasteiger partial charge is 0.221 e. The molecule has 1 N–H and O–H groups in total. The van der Waals surface area contributed by atoms with Crippen LogP contribution >= 0.6 is 12.2 Å². The summed E-state index contributed by atoms with van der Waals surface area (Å²) in [4.78, 5) is 11.7. The molecule has 1 aliphatic rings. The summed E-state index contributed by atoms with van der Waals surface area (Å²) in [7, 11) is 0. The van der Waals surface area contributed by atoms with Crippen LogP contribution in [0.4, 0.5) is 0 Å². The lowest BCUT2D eigenvalue weighted by Gasteiger charge is -2.25. The van der Waals surface area contributed by atoms with Gasteiger partial charge in [-0.05, 0) is 50.3 Å². The van der Waals surface area contributed by atoms with Crippen molar-refractivity contribution in [2.24, 2.45) is 0 Å². The lowest BCUT2D eigenvalue weighted by atomic mass is 10.1. The van der Waals surface area contributed by atoms with Gasteiger partial charge in [0, 0.05) is 18.4 Å². The second-order valence-electron chi connectivity index (χ2n) is 5.89. The zero-order valence-electron chi connectivity index (χ0n) is 12.5. The van der Waals surface area contributed by atoms with Gasteiger partial charge in [-0.25, -0.2) is 14.5 Å². The Hall–Kier alpha value is -1.79. The van der Waals surface area contributed by atoms with E-state index in [1.807, 2.05) is 28.8 Å². The number of hydrogen-bond donors (Lipinski definition) is 1. The number of piperidine rings is 1. The number of nitrogens with zero attached hydrogens (tertiary/aromatic N) is 4. The van der Waals surface area contributed by atoms with E-state index in [0.29, 0.717) is 4.77 Å². The monoisotopic (exact) mass is 313 g/mol. The van der Waals surface area contributed by atoms with Crippen molar-refractivity contribution in [3.8, 4) is 0 Å². The van der Waals surface area contributed by atoms with E-state index in [9.17, 15) is 0 Å². The molecule has 5 nitrogen and oxygen atoms in total. The van der Waals surface area contributed by atoms with Gasteiger partial charge in [0.05, 0.1) is 5.52 Å². The third-order valence-electron chi connectivity index (χ3n) is 4.36. The summed E-state index contributed by atoms with van der Waals surface area (Å²) in [5.74, 6) is 0.981. The molecule has 0 spiro atoms. The molecule has 0 unspecified atom stereocenters. The van der Waals surface area contributed by atoms with E-state index in [-0.39, 0.29) is 0 Å². The summed E-state index contributed by atoms with van der Waals surface area (Å²) in [6, 6.07) is 8.01. The Morgan fingerprint density at radius 3 is 2.77 bits per heavy atom. The number of H-pyrrole nitrogens is 1. The number of para-hydroxylation sites is 1. The largest absolute Gasteiger partial charge is 0.303 e. The normalized spacial score (nSPS) is 16.5.